The fraction of sp³-hybridized carbons (Fsp3) is 0.556. The number of sulfone groups is 1. The lowest BCUT2D eigenvalue weighted by molar-refractivity contribution is -0.125. The molecule has 0 aliphatic heterocycles. The van der Waals surface area contributed by atoms with Gasteiger partial charge in [0.25, 0.3) is 5.91 Å². The summed E-state index contributed by atoms with van der Waals surface area (Å²) in [6.45, 7) is 1.33. The Kier molecular flexibility index (Phi) is 6.58. The molecule has 0 unspecified atom stereocenters. The molecule has 0 radical (unpaired) electrons. The van der Waals surface area contributed by atoms with Crippen molar-refractivity contribution in [1.29, 1.82) is 0 Å². The third kappa shape index (κ3) is 5.85. The number of carbonyl (C=O) groups is 2. The van der Waals surface area contributed by atoms with Gasteiger partial charge in [-0.2, -0.15) is 0 Å². The van der Waals surface area contributed by atoms with Crippen molar-refractivity contribution in [2.75, 3.05) is 12.9 Å². The van der Waals surface area contributed by atoms with E-state index in [1.54, 1.807) is 13.0 Å². The summed E-state index contributed by atoms with van der Waals surface area (Å²) < 4.78 is 28.3. The number of aryl methyl sites for hydroxylation is 1. The van der Waals surface area contributed by atoms with Gasteiger partial charge in [-0.05, 0) is 37.5 Å². The Bertz CT molecular complexity index is 734. The number of hydrogen-bond acceptors (Lipinski definition) is 5. The highest BCUT2D eigenvalue weighted by Crippen LogP contribution is 2.18. The molecule has 0 saturated heterocycles. The maximum absolute atomic E-state index is 12.2. The van der Waals surface area contributed by atoms with E-state index in [0.29, 0.717) is 5.56 Å². The maximum Gasteiger partial charge on any atom is 0.338 e. The number of benzene rings is 1. The fourth-order valence-electron chi connectivity index (χ4n) is 2.95. The zero-order valence-electron chi connectivity index (χ0n) is 14.7. The number of esters is 1. The lowest BCUT2D eigenvalue weighted by Gasteiger charge is -2.16. The molecule has 25 heavy (non-hydrogen) atoms. The van der Waals surface area contributed by atoms with Gasteiger partial charge in [-0.25, -0.2) is 13.2 Å². The molecule has 1 amide bonds. The van der Waals surface area contributed by atoms with Crippen LogP contribution in [0.25, 0.3) is 0 Å². The van der Waals surface area contributed by atoms with Crippen molar-refractivity contribution in [3.63, 3.8) is 0 Å². The molecule has 6 nitrogen and oxygen atoms in total. The van der Waals surface area contributed by atoms with Gasteiger partial charge in [-0.1, -0.05) is 31.7 Å². The highest BCUT2D eigenvalue weighted by atomic mass is 32.2. The second kappa shape index (κ2) is 8.47. The van der Waals surface area contributed by atoms with E-state index in [-0.39, 0.29) is 29.0 Å². The minimum Gasteiger partial charge on any atom is -0.452 e. The quantitative estimate of drug-likeness (QED) is 0.637. The van der Waals surface area contributed by atoms with Crippen LogP contribution in [-0.4, -0.2) is 39.2 Å². The Morgan fingerprint density at radius 3 is 2.40 bits per heavy atom. The van der Waals surface area contributed by atoms with Crippen LogP contribution in [0.4, 0.5) is 0 Å². The largest absolute Gasteiger partial charge is 0.452 e. The average molecular weight is 367 g/mol. The van der Waals surface area contributed by atoms with Crippen molar-refractivity contribution in [2.24, 2.45) is 0 Å². The van der Waals surface area contributed by atoms with Crippen LogP contribution in [0.15, 0.2) is 23.1 Å². The molecular formula is C18H25NO5S. The van der Waals surface area contributed by atoms with Crippen molar-refractivity contribution in [1.82, 2.24) is 5.32 Å². The van der Waals surface area contributed by atoms with Crippen molar-refractivity contribution in [3.8, 4) is 0 Å². The van der Waals surface area contributed by atoms with Gasteiger partial charge in [0.05, 0.1) is 10.5 Å². The van der Waals surface area contributed by atoms with Gasteiger partial charge in [0, 0.05) is 12.3 Å². The Balaban J connectivity index is 1.94. The SMILES string of the molecule is Cc1ccc(S(C)(=O)=O)cc1C(=O)OCC(=O)NC1CCCCCC1. The molecule has 1 N–H and O–H groups in total. The number of nitrogens with one attached hydrogen (secondary N) is 1. The highest BCUT2D eigenvalue weighted by Gasteiger charge is 2.18. The third-order valence-electron chi connectivity index (χ3n) is 4.41. The van der Waals surface area contributed by atoms with E-state index in [4.69, 9.17) is 4.74 Å². The molecule has 7 heteroatoms. The van der Waals surface area contributed by atoms with Crippen molar-refractivity contribution in [3.05, 3.63) is 29.3 Å². The monoisotopic (exact) mass is 367 g/mol. The zero-order chi connectivity index (χ0) is 18.4. The van der Waals surface area contributed by atoms with Gasteiger partial charge in [0.1, 0.15) is 0 Å². The molecule has 0 bridgehead atoms. The molecule has 0 aromatic heterocycles. The highest BCUT2D eigenvalue weighted by molar-refractivity contribution is 7.90. The molecule has 1 aliphatic carbocycles. The molecule has 0 atom stereocenters. The van der Waals surface area contributed by atoms with Crippen LogP contribution in [0.1, 0.15) is 54.4 Å². The third-order valence-corrected chi connectivity index (χ3v) is 5.52. The topological polar surface area (TPSA) is 89.5 Å². The molecule has 0 spiro atoms. The standard InChI is InChI=1S/C18H25NO5S/c1-13-9-10-15(25(2,22)23)11-16(13)18(21)24-12-17(20)19-14-7-5-3-4-6-8-14/h9-11,14H,3-8,12H2,1-2H3,(H,19,20). The number of hydrogen-bond donors (Lipinski definition) is 1. The van der Waals surface area contributed by atoms with Crippen molar-refractivity contribution >= 4 is 21.7 Å². The first-order valence-electron chi connectivity index (χ1n) is 8.54. The maximum atomic E-state index is 12.2. The molecule has 138 valence electrons. The van der Waals surface area contributed by atoms with Crippen molar-refractivity contribution < 1.29 is 22.7 Å². The summed E-state index contributed by atoms with van der Waals surface area (Å²) in [5.41, 5.74) is 0.756. The van der Waals surface area contributed by atoms with Gasteiger partial charge >= 0.3 is 5.97 Å². The Morgan fingerprint density at radius 1 is 1.16 bits per heavy atom. The molecule has 1 aliphatic rings. The first kappa shape index (κ1) is 19.4. The van der Waals surface area contributed by atoms with E-state index >= 15 is 0 Å². The summed E-state index contributed by atoms with van der Waals surface area (Å²) in [6.07, 6.45) is 7.57. The normalized spacial score (nSPS) is 16.1. The number of amides is 1. The molecule has 1 aromatic rings. The van der Waals surface area contributed by atoms with E-state index in [1.165, 1.54) is 25.0 Å². The first-order valence-corrected chi connectivity index (χ1v) is 10.4. The summed E-state index contributed by atoms with van der Waals surface area (Å²) >= 11 is 0. The molecule has 1 saturated carbocycles. The predicted octanol–water partition coefficient (Wildman–Crippen LogP) is 2.39. The predicted molar refractivity (Wildman–Crippen MR) is 94.2 cm³/mol. The summed E-state index contributed by atoms with van der Waals surface area (Å²) in [5, 5.41) is 2.90. The van der Waals surface area contributed by atoms with Gasteiger partial charge in [-0.15, -0.1) is 0 Å². The van der Waals surface area contributed by atoms with Crippen LogP contribution in [0, 0.1) is 6.92 Å². The summed E-state index contributed by atoms with van der Waals surface area (Å²) in [5.74, 6) is -1.02. The van der Waals surface area contributed by atoms with Gasteiger partial charge in [0.2, 0.25) is 0 Å². The van der Waals surface area contributed by atoms with Gasteiger partial charge in [0.15, 0.2) is 16.4 Å². The van der Waals surface area contributed by atoms with E-state index in [1.807, 2.05) is 0 Å². The number of carbonyl (C=O) groups excluding carboxylic acids is 2. The lowest BCUT2D eigenvalue weighted by Crippen LogP contribution is -2.37. The van der Waals surface area contributed by atoms with Gasteiger partial charge < -0.3 is 10.1 Å². The van der Waals surface area contributed by atoms with Crippen LogP contribution in [-0.2, 0) is 19.4 Å². The average Bonchev–Trinajstić information content (AvgIpc) is 2.80. The van der Waals surface area contributed by atoms with E-state index in [9.17, 15) is 18.0 Å². The number of ether oxygens (including phenoxy) is 1. The van der Waals surface area contributed by atoms with Crippen LogP contribution in [0.5, 0.6) is 0 Å². The Hall–Kier alpha value is -1.89. The molecular weight excluding hydrogens is 342 g/mol. The van der Waals surface area contributed by atoms with Crippen LogP contribution < -0.4 is 5.32 Å². The molecule has 0 heterocycles. The summed E-state index contributed by atoms with van der Waals surface area (Å²) in [6, 6.07) is 4.43. The fourth-order valence-corrected chi connectivity index (χ4v) is 3.60. The van der Waals surface area contributed by atoms with E-state index in [2.05, 4.69) is 5.32 Å². The summed E-state index contributed by atoms with van der Waals surface area (Å²) in [4.78, 5) is 24.2. The van der Waals surface area contributed by atoms with Crippen LogP contribution in [0.2, 0.25) is 0 Å². The lowest BCUT2D eigenvalue weighted by atomic mass is 10.1. The van der Waals surface area contributed by atoms with Gasteiger partial charge in [-0.3, -0.25) is 4.79 Å². The molecule has 2 rings (SSSR count). The Labute approximate surface area is 148 Å². The molecule has 1 fully saturated rings. The van der Waals surface area contributed by atoms with Crippen molar-refractivity contribution in [2.45, 2.75) is 56.4 Å². The molecule has 1 aromatic carbocycles. The van der Waals surface area contributed by atoms with Crippen LogP contribution in [0.3, 0.4) is 0 Å². The number of rotatable bonds is 5. The first-order chi connectivity index (χ1) is 11.8. The van der Waals surface area contributed by atoms with E-state index < -0.39 is 15.8 Å². The van der Waals surface area contributed by atoms with Crippen LogP contribution >= 0.6 is 0 Å². The second-order valence-corrected chi connectivity index (χ2v) is 8.60. The smallest absolute Gasteiger partial charge is 0.338 e. The zero-order valence-corrected chi connectivity index (χ0v) is 15.5. The minimum absolute atomic E-state index is 0.0490. The Morgan fingerprint density at radius 2 is 1.80 bits per heavy atom. The summed E-state index contributed by atoms with van der Waals surface area (Å²) in [7, 11) is -3.42. The second-order valence-electron chi connectivity index (χ2n) is 6.58. The van der Waals surface area contributed by atoms with E-state index in [0.717, 1.165) is 31.9 Å². The minimum atomic E-state index is -3.42.